The highest BCUT2D eigenvalue weighted by Gasteiger charge is 2.19. The third-order valence-electron chi connectivity index (χ3n) is 7.49. The van der Waals surface area contributed by atoms with E-state index in [1.165, 1.54) is 48.1 Å². The van der Waals surface area contributed by atoms with Gasteiger partial charge in [0.1, 0.15) is 0 Å². The molecule has 1 N–H and O–H groups in total. The van der Waals surface area contributed by atoms with E-state index in [0.29, 0.717) is 12.4 Å². The van der Waals surface area contributed by atoms with E-state index >= 15 is 0 Å². The summed E-state index contributed by atoms with van der Waals surface area (Å²) in [5.74, 6) is 2.59. The molecule has 4 aromatic rings. The van der Waals surface area contributed by atoms with Crippen LogP contribution in [-0.4, -0.2) is 15.8 Å². The fourth-order valence-corrected chi connectivity index (χ4v) is 6.16. The Bertz CT molecular complexity index is 1320. The van der Waals surface area contributed by atoms with E-state index in [-0.39, 0.29) is 11.7 Å². The molecule has 2 aromatic carbocycles. The van der Waals surface area contributed by atoms with Gasteiger partial charge in [-0.15, -0.1) is 11.3 Å². The van der Waals surface area contributed by atoms with Gasteiger partial charge in [-0.25, -0.2) is 9.97 Å². The predicted octanol–water partition coefficient (Wildman–Crippen LogP) is 8.69. The van der Waals surface area contributed by atoms with E-state index in [2.05, 4.69) is 60.5 Å². The Kier molecular flexibility index (Phi) is 8.10. The van der Waals surface area contributed by atoms with Crippen LogP contribution in [-0.2, 0) is 6.42 Å². The smallest absolute Gasteiger partial charge is 0.227 e. The van der Waals surface area contributed by atoms with Crippen molar-refractivity contribution in [2.24, 2.45) is 11.8 Å². The maximum atomic E-state index is 12.9. The molecule has 1 saturated carbocycles. The first-order valence-corrected chi connectivity index (χ1v) is 14.2. The molecular weight excluding hydrogens is 474 g/mol. The first-order valence-electron chi connectivity index (χ1n) is 13.4. The number of carbonyl (C=O) groups is 1. The van der Waals surface area contributed by atoms with Crippen molar-refractivity contribution >= 4 is 28.8 Å². The summed E-state index contributed by atoms with van der Waals surface area (Å²) < 4.78 is 0. The molecule has 5 heteroatoms. The summed E-state index contributed by atoms with van der Waals surface area (Å²) in [5.41, 5.74) is 4.39. The third-order valence-corrected chi connectivity index (χ3v) is 8.64. The number of thiophene rings is 1. The van der Waals surface area contributed by atoms with Gasteiger partial charge in [-0.1, -0.05) is 69.2 Å². The number of rotatable bonds is 9. The summed E-state index contributed by atoms with van der Waals surface area (Å²) >= 11 is 1.50. The minimum Gasteiger partial charge on any atom is -0.324 e. The predicted molar refractivity (Wildman–Crippen MR) is 154 cm³/mol. The summed E-state index contributed by atoms with van der Waals surface area (Å²) in [7, 11) is 0. The molecule has 0 saturated heterocycles. The molecule has 0 radical (unpaired) electrons. The summed E-state index contributed by atoms with van der Waals surface area (Å²) in [6, 6.07) is 24.7. The van der Waals surface area contributed by atoms with Crippen molar-refractivity contribution in [2.75, 3.05) is 5.32 Å². The molecule has 5 rings (SSSR count). The van der Waals surface area contributed by atoms with Crippen LogP contribution in [0.5, 0.6) is 0 Å². The maximum Gasteiger partial charge on any atom is 0.227 e. The largest absolute Gasteiger partial charge is 0.324 e. The van der Waals surface area contributed by atoms with Crippen LogP contribution in [0.1, 0.15) is 72.7 Å². The number of hydrogen-bond donors (Lipinski definition) is 1. The quantitative estimate of drug-likeness (QED) is 0.229. The van der Waals surface area contributed by atoms with E-state index in [4.69, 9.17) is 4.98 Å². The number of nitrogens with zero attached hydrogens (tertiary/aromatic N) is 2. The zero-order chi connectivity index (χ0) is 25.6. The Morgan fingerprint density at radius 1 is 1.00 bits per heavy atom. The molecule has 1 aliphatic rings. The fourth-order valence-electron chi connectivity index (χ4n) is 5.23. The lowest BCUT2D eigenvalue weighted by Crippen LogP contribution is -2.14. The van der Waals surface area contributed by atoms with Gasteiger partial charge in [0.2, 0.25) is 5.95 Å². The highest BCUT2D eigenvalue weighted by molar-refractivity contribution is 7.17. The van der Waals surface area contributed by atoms with Crippen LogP contribution in [0, 0.1) is 11.8 Å². The van der Waals surface area contributed by atoms with Crippen LogP contribution < -0.4 is 5.32 Å². The lowest BCUT2D eigenvalue weighted by molar-refractivity contribution is 0.0979. The first kappa shape index (κ1) is 25.3. The molecule has 0 bridgehead atoms. The van der Waals surface area contributed by atoms with Gasteiger partial charge < -0.3 is 5.32 Å². The molecule has 37 heavy (non-hydrogen) atoms. The second-order valence-electron chi connectivity index (χ2n) is 10.5. The van der Waals surface area contributed by atoms with Crippen LogP contribution in [0.2, 0.25) is 0 Å². The van der Waals surface area contributed by atoms with Gasteiger partial charge >= 0.3 is 0 Å². The zero-order valence-corrected chi connectivity index (χ0v) is 22.5. The van der Waals surface area contributed by atoms with Gasteiger partial charge in [0.15, 0.2) is 5.78 Å². The summed E-state index contributed by atoms with van der Waals surface area (Å²) in [4.78, 5) is 23.9. The monoisotopic (exact) mass is 509 g/mol. The van der Waals surface area contributed by atoms with E-state index in [9.17, 15) is 4.79 Å². The highest BCUT2D eigenvalue weighted by Crippen LogP contribution is 2.32. The molecule has 0 aliphatic heterocycles. The molecule has 0 amide bonds. The average Bonchev–Trinajstić information content (AvgIpc) is 3.42. The average molecular weight is 510 g/mol. The van der Waals surface area contributed by atoms with Crippen LogP contribution in [0.15, 0.2) is 79.0 Å². The summed E-state index contributed by atoms with van der Waals surface area (Å²) in [5, 5.41) is 3.39. The molecule has 0 spiro atoms. The molecule has 1 aliphatic carbocycles. The number of ketones is 1. The summed E-state index contributed by atoms with van der Waals surface area (Å²) in [6.45, 7) is 4.48. The first-order chi connectivity index (χ1) is 18.0. The van der Waals surface area contributed by atoms with Crippen molar-refractivity contribution < 1.29 is 4.79 Å². The van der Waals surface area contributed by atoms with Crippen LogP contribution in [0.3, 0.4) is 0 Å². The molecule has 190 valence electrons. The standard InChI is InChI=1S/C32H35N3OS/c1-22-11-13-24(14-12-22)20-25-7-6-10-27(21-25)34-32-33-18-17-28(35-32)30-15-16-31(37-30)29(36)19-23(2)26-8-4-3-5-9-26/h3-10,15-18,21-24H,11-14,19-20H2,1-2H3,(H,33,34,35)/t22?,23-,24?/m0/s1. The van der Waals surface area contributed by atoms with Crippen LogP contribution in [0.4, 0.5) is 11.6 Å². The lowest BCUT2D eigenvalue weighted by Gasteiger charge is -2.26. The van der Waals surface area contributed by atoms with Crippen molar-refractivity contribution in [3.63, 3.8) is 0 Å². The topological polar surface area (TPSA) is 54.9 Å². The molecule has 2 aromatic heterocycles. The molecule has 1 fully saturated rings. The van der Waals surface area contributed by atoms with E-state index in [1.807, 2.05) is 36.4 Å². The van der Waals surface area contributed by atoms with Gasteiger partial charge in [-0.05, 0) is 78.5 Å². The zero-order valence-electron chi connectivity index (χ0n) is 21.7. The van der Waals surface area contributed by atoms with Gasteiger partial charge in [-0.2, -0.15) is 0 Å². The second-order valence-corrected chi connectivity index (χ2v) is 11.6. The normalized spacial score (nSPS) is 18.3. The number of Topliss-reactive ketones (excluding diaryl/α,β-unsaturated/α-hetero) is 1. The van der Waals surface area contributed by atoms with Crippen molar-refractivity contribution in [1.82, 2.24) is 9.97 Å². The number of hydrogen-bond acceptors (Lipinski definition) is 5. The molecule has 2 heterocycles. The maximum absolute atomic E-state index is 12.9. The van der Waals surface area contributed by atoms with Gasteiger partial charge in [-0.3, -0.25) is 4.79 Å². The fraction of sp³-hybridized carbons (Fsp3) is 0.344. The van der Waals surface area contributed by atoms with Crippen molar-refractivity contribution in [3.05, 3.63) is 95.0 Å². The van der Waals surface area contributed by atoms with Gasteiger partial charge in [0.05, 0.1) is 15.4 Å². The van der Waals surface area contributed by atoms with Crippen LogP contribution >= 0.6 is 11.3 Å². The minimum atomic E-state index is 0.171. The van der Waals surface area contributed by atoms with E-state index in [0.717, 1.165) is 39.4 Å². The Hall–Kier alpha value is -3.31. The number of nitrogens with one attached hydrogen (secondary N) is 1. The number of aromatic nitrogens is 2. The molecule has 0 unspecified atom stereocenters. The van der Waals surface area contributed by atoms with Crippen LogP contribution in [0.25, 0.3) is 10.6 Å². The second kappa shape index (κ2) is 11.8. The Labute approximate surface area is 224 Å². The minimum absolute atomic E-state index is 0.171. The third kappa shape index (κ3) is 6.72. The van der Waals surface area contributed by atoms with Gasteiger partial charge in [0, 0.05) is 18.3 Å². The Balaban J connectivity index is 1.23. The molecular formula is C32H35N3OS. The van der Waals surface area contributed by atoms with E-state index in [1.54, 1.807) is 6.20 Å². The number of anilines is 2. The molecule has 1 atom stereocenters. The van der Waals surface area contributed by atoms with Crippen molar-refractivity contribution in [1.29, 1.82) is 0 Å². The number of carbonyl (C=O) groups excluding carboxylic acids is 1. The van der Waals surface area contributed by atoms with Gasteiger partial charge in [0.25, 0.3) is 0 Å². The van der Waals surface area contributed by atoms with Crippen molar-refractivity contribution in [3.8, 4) is 10.6 Å². The number of benzene rings is 2. The summed E-state index contributed by atoms with van der Waals surface area (Å²) in [6.07, 6.45) is 8.78. The molecule has 4 nitrogen and oxygen atoms in total. The van der Waals surface area contributed by atoms with Crippen molar-refractivity contribution in [2.45, 2.75) is 58.3 Å². The Morgan fingerprint density at radius 2 is 1.81 bits per heavy atom. The SMILES string of the molecule is CC1CCC(Cc2cccc(Nc3nccc(-c4ccc(C(=O)C[C@H](C)c5ccccc5)s4)n3)c2)CC1. The highest BCUT2D eigenvalue weighted by atomic mass is 32.1. The van der Waals surface area contributed by atoms with E-state index < -0.39 is 0 Å². The Morgan fingerprint density at radius 3 is 2.62 bits per heavy atom. The lowest BCUT2D eigenvalue weighted by atomic mass is 9.80.